The lowest BCUT2D eigenvalue weighted by Crippen LogP contribution is -2.25. The molecule has 0 saturated heterocycles. The number of fused-ring (bicyclic) bond motifs is 12. The van der Waals surface area contributed by atoms with Crippen molar-refractivity contribution in [2.75, 3.05) is 4.90 Å². The Morgan fingerprint density at radius 1 is 0.514 bits per heavy atom. The van der Waals surface area contributed by atoms with Crippen LogP contribution in [-0.4, -0.2) is 4.98 Å². The molecule has 0 atom stereocenters. The van der Waals surface area contributed by atoms with Crippen LogP contribution in [0.1, 0.15) is 44.5 Å². The molecule has 0 bridgehead atoms. The molecular weight excluding hydrogens is 424 g/mol. The molecule has 0 radical (unpaired) electrons. The van der Waals surface area contributed by atoms with Gasteiger partial charge in [0.1, 0.15) is 0 Å². The second kappa shape index (κ2) is 6.28. The molecule has 0 saturated carbocycles. The minimum Gasteiger partial charge on any atom is -0.308 e. The van der Waals surface area contributed by atoms with E-state index in [-0.39, 0.29) is 0 Å². The summed E-state index contributed by atoms with van der Waals surface area (Å²) in [6, 6.07) is 27.5. The van der Waals surface area contributed by atoms with Gasteiger partial charge in [-0.15, -0.1) is 0 Å². The van der Waals surface area contributed by atoms with E-state index in [4.69, 9.17) is 0 Å². The van der Waals surface area contributed by atoms with Gasteiger partial charge in [0.05, 0.1) is 23.3 Å². The highest BCUT2D eigenvalue weighted by Gasteiger charge is 2.36. The van der Waals surface area contributed by atoms with Gasteiger partial charge in [0.25, 0.3) is 0 Å². The highest BCUT2D eigenvalue weighted by molar-refractivity contribution is 5.95. The van der Waals surface area contributed by atoms with Crippen molar-refractivity contribution in [3.8, 4) is 22.3 Å². The number of hydrogen-bond donors (Lipinski definition) is 0. The predicted octanol–water partition coefficient (Wildman–Crippen LogP) is 7.50. The van der Waals surface area contributed by atoms with Gasteiger partial charge >= 0.3 is 0 Å². The summed E-state index contributed by atoms with van der Waals surface area (Å²) in [4.78, 5) is 7.02. The third kappa shape index (κ3) is 2.23. The zero-order valence-electron chi connectivity index (χ0n) is 19.3. The molecule has 9 rings (SSSR count). The number of hydrogen-bond acceptors (Lipinski definition) is 2. The van der Waals surface area contributed by atoms with E-state index in [2.05, 4.69) is 88.9 Å². The van der Waals surface area contributed by atoms with Crippen molar-refractivity contribution in [3.05, 3.63) is 130 Å². The summed E-state index contributed by atoms with van der Waals surface area (Å²) in [5, 5.41) is 0. The Bertz CT molecular complexity index is 1760. The molecule has 1 aromatic heterocycles. The Morgan fingerprint density at radius 3 is 2.26 bits per heavy atom. The van der Waals surface area contributed by atoms with Gasteiger partial charge in [-0.05, 0) is 91.7 Å². The zero-order chi connectivity index (χ0) is 22.7. The van der Waals surface area contributed by atoms with Crippen LogP contribution in [0.4, 0.5) is 17.1 Å². The Balaban J connectivity index is 1.29. The van der Waals surface area contributed by atoms with Crippen LogP contribution in [0.5, 0.6) is 0 Å². The third-order valence-corrected chi connectivity index (χ3v) is 8.66. The molecular formula is C33H22N2. The van der Waals surface area contributed by atoms with E-state index in [0.29, 0.717) is 0 Å². The fourth-order valence-corrected chi connectivity index (χ4v) is 7.21. The molecule has 164 valence electrons. The first-order valence-electron chi connectivity index (χ1n) is 12.6. The average Bonchev–Trinajstić information content (AvgIpc) is 3.47. The van der Waals surface area contributed by atoms with Gasteiger partial charge in [-0.2, -0.15) is 0 Å². The van der Waals surface area contributed by atoms with Crippen LogP contribution < -0.4 is 4.90 Å². The normalized spacial score (nSPS) is 14.9. The van der Waals surface area contributed by atoms with Gasteiger partial charge < -0.3 is 4.90 Å². The standard InChI is InChI=1S/C33H22N2/c1-2-7-24-19(4-1)15-27-25(24)9-10-26-28(27)16-21-8-11-30-29(32(21)26)17-23-6-3-5-22-14-20-12-13-34-18-31(20)35(30)33(22)23/h1-13,18H,14-17H2. The van der Waals surface area contributed by atoms with Gasteiger partial charge in [-0.3, -0.25) is 4.98 Å². The van der Waals surface area contributed by atoms with Crippen molar-refractivity contribution in [2.45, 2.75) is 25.7 Å². The van der Waals surface area contributed by atoms with Gasteiger partial charge in [0.2, 0.25) is 0 Å². The zero-order valence-corrected chi connectivity index (χ0v) is 19.3. The topological polar surface area (TPSA) is 16.1 Å². The van der Waals surface area contributed by atoms with E-state index < -0.39 is 0 Å². The summed E-state index contributed by atoms with van der Waals surface area (Å²) in [6.07, 6.45) is 8.05. The van der Waals surface area contributed by atoms with Crippen molar-refractivity contribution in [3.63, 3.8) is 0 Å². The van der Waals surface area contributed by atoms with Crippen LogP contribution in [0.15, 0.2) is 85.2 Å². The minimum atomic E-state index is 0.979. The summed E-state index contributed by atoms with van der Waals surface area (Å²) in [5.41, 5.74) is 21.4. The summed E-state index contributed by atoms with van der Waals surface area (Å²) in [7, 11) is 0. The van der Waals surface area contributed by atoms with Crippen molar-refractivity contribution in [1.82, 2.24) is 4.98 Å². The highest BCUT2D eigenvalue weighted by atomic mass is 15.2. The second-order valence-corrected chi connectivity index (χ2v) is 10.3. The Hall–Kier alpha value is -4.17. The first-order valence-corrected chi connectivity index (χ1v) is 12.6. The second-order valence-electron chi connectivity index (χ2n) is 10.3. The molecule has 0 amide bonds. The summed E-state index contributed by atoms with van der Waals surface area (Å²) < 4.78 is 0. The van der Waals surface area contributed by atoms with E-state index in [1.165, 1.54) is 72.7 Å². The predicted molar refractivity (Wildman–Crippen MR) is 141 cm³/mol. The molecule has 2 heteroatoms. The smallest absolute Gasteiger partial charge is 0.0680 e. The van der Waals surface area contributed by atoms with Gasteiger partial charge in [0.15, 0.2) is 0 Å². The number of nitrogens with zero attached hydrogens (tertiary/aromatic N) is 2. The van der Waals surface area contributed by atoms with Crippen molar-refractivity contribution < 1.29 is 0 Å². The maximum absolute atomic E-state index is 4.52. The van der Waals surface area contributed by atoms with Crippen LogP contribution in [-0.2, 0) is 25.7 Å². The molecule has 2 aliphatic heterocycles. The Morgan fingerprint density at radius 2 is 1.29 bits per heavy atom. The quantitative estimate of drug-likeness (QED) is 0.240. The molecule has 4 aliphatic rings. The van der Waals surface area contributed by atoms with E-state index >= 15 is 0 Å². The number of para-hydroxylation sites is 1. The molecule has 2 nitrogen and oxygen atoms in total. The van der Waals surface area contributed by atoms with Gasteiger partial charge in [-0.25, -0.2) is 0 Å². The third-order valence-electron chi connectivity index (χ3n) is 8.66. The van der Waals surface area contributed by atoms with Gasteiger partial charge in [-0.1, -0.05) is 60.7 Å². The lowest BCUT2D eigenvalue weighted by molar-refractivity contribution is 1.00. The molecule has 0 spiro atoms. The average molecular weight is 447 g/mol. The maximum Gasteiger partial charge on any atom is 0.0680 e. The largest absolute Gasteiger partial charge is 0.308 e. The monoisotopic (exact) mass is 446 g/mol. The van der Waals surface area contributed by atoms with Crippen LogP contribution >= 0.6 is 0 Å². The molecule has 3 heterocycles. The molecule has 0 unspecified atom stereocenters. The van der Waals surface area contributed by atoms with Gasteiger partial charge in [0, 0.05) is 19.0 Å². The van der Waals surface area contributed by atoms with Crippen LogP contribution in [0.25, 0.3) is 22.3 Å². The number of aromatic nitrogens is 1. The summed E-state index contributed by atoms with van der Waals surface area (Å²) in [6.45, 7) is 0. The highest BCUT2D eigenvalue weighted by Crippen LogP contribution is 2.55. The molecule has 2 aliphatic carbocycles. The van der Waals surface area contributed by atoms with E-state index in [1.54, 1.807) is 11.1 Å². The summed E-state index contributed by atoms with van der Waals surface area (Å²) in [5.74, 6) is 0. The fourth-order valence-electron chi connectivity index (χ4n) is 7.21. The first kappa shape index (κ1) is 18.2. The molecule has 4 aromatic carbocycles. The van der Waals surface area contributed by atoms with Crippen molar-refractivity contribution in [1.29, 1.82) is 0 Å². The van der Waals surface area contributed by atoms with Crippen molar-refractivity contribution in [2.24, 2.45) is 0 Å². The number of rotatable bonds is 0. The number of benzene rings is 4. The molecule has 0 N–H and O–H groups in total. The van der Waals surface area contributed by atoms with Crippen LogP contribution in [0.2, 0.25) is 0 Å². The minimum absolute atomic E-state index is 0.979. The lowest BCUT2D eigenvalue weighted by Gasteiger charge is -2.39. The van der Waals surface area contributed by atoms with Crippen LogP contribution in [0.3, 0.4) is 0 Å². The maximum atomic E-state index is 4.52. The number of anilines is 3. The Kier molecular flexibility index (Phi) is 3.27. The molecule has 0 fully saturated rings. The molecule has 35 heavy (non-hydrogen) atoms. The SMILES string of the molecule is c1ccc2c(c1)Cc1c-2ccc2c1Cc1ccc3c(c1-2)Cc1cccc2c1N3c1cnccc1C2. The number of pyridine rings is 1. The fraction of sp³-hybridized carbons (Fsp3) is 0.121. The lowest BCUT2D eigenvalue weighted by atomic mass is 9.84. The van der Waals surface area contributed by atoms with E-state index in [1.807, 2.05) is 6.20 Å². The van der Waals surface area contributed by atoms with E-state index in [9.17, 15) is 0 Å². The van der Waals surface area contributed by atoms with Crippen LogP contribution in [0, 0.1) is 0 Å². The van der Waals surface area contributed by atoms with Crippen molar-refractivity contribution >= 4 is 17.1 Å². The Labute approximate surface area is 204 Å². The first-order chi connectivity index (χ1) is 17.3. The summed E-state index contributed by atoms with van der Waals surface area (Å²) >= 11 is 0. The van der Waals surface area contributed by atoms with E-state index in [0.717, 1.165) is 25.7 Å². The molecule has 5 aromatic rings.